The molecular formula is C25H45N5O3. The van der Waals surface area contributed by atoms with Crippen molar-refractivity contribution in [1.29, 1.82) is 0 Å². The largest absolute Gasteiger partial charge is 0.391 e. The van der Waals surface area contributed by atoms with Crippen LogP contribution in [-0.2, 0) is 16.1 Å². The fraction of sp³-hybridized carbons (Fsp3) is 0.600. The summed E-state index contributed by atoms with van der Waals surface area (Å²) in [4.78, 5) is 21.9. The number of nitrogens with one attached hydrogen (secondary N) is 2. The third-order valence-corrected chi connectivity index (χ3v) is 5.41. The summed E-state index contributed by atoms with van der Waals surface area (Å²) in [5, 5.41) is 15.8. The highest BCUT2D eigenvalue weighted by atomic mass is 16.3. The highest BCUT2D eigenvalue weighted by Gasteiger charge is 2.33. The number of hydrogen-bond donors (Lipinski definition) is 5. The fourth-order valence-corrected chi connectivity index (χ4v) is 3.58. The van der Waals surface area contributed by atoms with Crippen molar-refractivity contribution in [2.75, 3.05) is 33.2 Å². The van der Waals surface area contributed by atoms with Gasteiger partial charge in [-0.25, -0.2) is 0 Å². The van der Waals surface area contributed by atoms with Crippen LogP contribution >= 0.6 is 0 Å². The first-order valence-electron chi connectivity index (χ1n) is 11.4. The molecule has 0 radical (unpaired) electrons. The number of rotatable bonds is 4. The smallest absolute Gasteiger partial charge is 0.223 e. The van der Waals surface area contributed by atoms with Crippen molar-refractivity contribution in [2.24, 2.45) is 17.1 Å². The number of nitrogens with two attached hydrogens (primary N) is 2. The maximum atomic E-state index is 12.1. The lowest BCUT2D eigenvalue weighted by atomic mass is 9.78. The first-order valence-corrected chi connectivity index (χ1v) is 11.4. The summed E-state index contributed by atoms with van der Waals surface area (Å²) < 4.78 is 0. The third-order valence-electron chi connectivity index (χ3n) is 5.41. The van der Waals surface area contributed by atoms with Crippen LogP contribution in [0.5, 0.6) is 0 Å². The molecule has 1 aromatic carbocycles. The molecule has 8 heteroatoms. The second kappa shape index (κ2) is 20.3. The van der Waals surface area contributed by atoms with Crippen LogP contribution < -0.4 is 22.3 Å². The van der Waals surface area contributed by atoms with Gasteiger partial charge in [-0.2, -0.15) is 0 Å². The normalized spacial score (nSPS) is 17.8. The minimum Gasteiger partial charge on any atom is -0.391 e. The first-order chi connectivity index (χ1) is 16.0. The zero-order valence-electron chi connectivity index (χ0n) is 20.9. The number of β-amino-alcohol motifs (C(OH)–C–C–N with tert-alkyl or cyclic N) is 1. The van der Waals surface area contributed by atoms with Gasteiger partial charge in [-0.3, -0.25) is 16.5 Å². The number of nitrogens with zero attached hydrogens (tertiary/aromatic N) is 1. The van der Waals surface area contributed by atoms with E-state index < -0.39 is 0 Å². The Hall–Kier alpha value is -2.28. The molecule has 1 amide bonds. The Morgan fingerprint density at radius 3 is 2.24 bits per heavy atom. The number of terminal acetylenes is 1. The molecule has 1 aromatic rings. The van der Waals surface area contributed by atoms with Crippen LogP contribution in [0.25, 0.3) is 0 Å². The zero-order chi connectivity index (χ0) is 25.7. The average molecular weight is 464 g/mol. The van der Waals surface area contributed by atoms with Gasteiger partial charge in [0, 0.05) is 31.6 Å². The van der Waals surface area contributed by atoms with E-state index in [2.05, 4.69) is 35.2 Å². The molecule has 2 saturated heterocycles. The summed E-state index contributed by atoms with van der Waals surface area (Å²) in [5.74, 6) is 10.8. The average Bonchev–Trinajstić information content (AvgIpc) is 3.31. The third kappa shape index (κ3) is 13.8. The van der Waals surface area contributed by atoms with Crippen molar-refractivity contribution in [3.8, 4) is 12.3 Å². The number of piperidine rings is 1. The molecular weight excluding hydrogens is 418 g/mol. The Bertz CT molecular complexity index is 655. The number of benzene rings is 1. The van der Waals surface area contributed by atoms with Crippen molar-refractivity contribution in [2.45, 2.75) is 59.1 Å². The van der Waals surface area contributed by atoms with Crippen molar-refractivity contribution >= 4 is 12.7 Å². The summed E-state index contributed by atoms with van der Waals surface area (Å²) in [5.41, 5.74) is 2.35. The van der Waals surface area contributed by atoms with Crippen LogP contribution in [0, 0.1) is 17.8 Å². The Labute approximate surface area is 200 Å². The van der Waals surface area contributed by atoms with Gasteiger partial charge in [0.25, 0.3) is 0 Å². The summed E-state index contributed by atoms with van der Waals surface area (Å²) in [6.45, 7) is 12.4. The minimum atomic E-state index is -0.301. The predicted octanol–water partition coefficient (Wildman–Crippen LogP) is 1.41. The maximum Gasteiger partial charge on any atom is 0.223 e. The number of aliphatic hydroxyl groups excluding tert-OH is 1. The van der Waals surface area contributed by atoms with Crippen molar-refractivity contribution in [3.05, 3.63) is 35.4 Å². The van der Waals surface area contributed by atoms with E-state index in [4.69, 9.17) is 11.2 Å². The Morgan fingerprint density at radius 1 is 1.27 bits per heavy atom. The molecule has 188 valence electrons. The Balaban J connectivity index is 0. The Morgan fingerprint density at radius 2 is 1.82 bits per heavy atom. The van der Waals surface area contributed by atoms with Gasteiger partial charge in [-0.1, -0.05) is 38.8 Å². The lowest BCUT2D eigenvalue weighted by Gasteiger charge is -2.34. The predicted molar refractivity (Wildman–Crippen MR) is 136 cm³/mol. The molecule has 0 saturated carbocycles. The van der Waals surface area contributed by atoms with Crippen LogP contribution in [0.1, 0.15) is 57.6 Å². The number of amides is 1. The van der Waals surface area contributed by atoms with Crippen LogP contribution in [0.3, 0.4) is 0 Å². The molecule has 2 heterocycles. The number of carbonyl (C=O) groups excluding carboxylic acids is 2. The quantitative estimate of drug-likeness (QED) is 0.259. The van der Waals surface area contributed by atoms with Crippen molar-refractivity contribution in [3.63, 3.8) is 0 Å². The molecule has 2 aliphatic rings. The zero-order valence-corrected chi connectivity index (χ0v) is 20.9. The maximum absolute atomic E-state index is 12.1. The van der Waals surface area contributed by atoms with E-state index in [0.29, 0.717) is 13.0 Å². The van der Waals surface area contributed by atoms with Gasteiger partial charge < -0.3 is 25.4 Å². The molecule has 0 spiro atoms. The molecule has 2 aliphatic heterocycles. The lowest BCUT2D eigenvalue weighted by molar-refractivity contribution is -0.133. The van der Waals surface area contributed by atoms with Gasteiger partial charge in [0.05, 0.1) is 6.10 Å². The van der Waals surface area contributed by atoms with E-state index in [1.54, 1.807) is 0 Å². The van der Waals surface area contributed by atoms with E-state index in [-0.39, 0.29) is 17.4 Å². The number of hydrogen-bond acceptors (Lipinski definition) is 7. The highest BCUT2D eigenvalue weighted by molar-refractivity contribution is 5.77. The summed E-state index contributed by atoms with van der Waals surface area (Å²) in [6, 6.07) is 7.97. The molecule has 1 unspecified atom stereocenters. The molecule has 33 heavy (non-hydrogen) atoms. The van der Waals surface area contributed by atoms with E-state index >= 15 is 0 Å². The molecule has 7 N–H and O–H groups in total. The number of carbonyl (C=O) groups is 2. The topological polar surface area (TPSA) is 134 Å². The van der Waals surface area contributed by atoms with E-state index in [1.807, 2.05) is 56.8 Å². The molecule has 0 aromatic heterocycles. The minimum absolute atomic E-state index is 0.163. The first kappa shape index (κ1) is 32.9. The van der Waals surface area contributed by atoms with E-state index in [1.165, 1.54) is 5.56 Å². The number of likely N-dealkylation sites (tertiary alicyclic amines) is 1. The summed E-state index contributed by atoms with van der Waals surface area (Å²) in [6.07, 6.45) is 8.44. The molecule has 2 fully saturated rings. The molecule has 0 bridgehead atoms. The van der Waals surface area contributed by atoms with Crippen molar-refractivity contribution < 1.29 is 14.7 Å². The van der Waals surface area contributed by atoms with Gasteiger partial charge in [0.1, 0.15) is 6.79 Å². The van der Waals surface area contributed by atoms with Crippen LogP contribution in [0.4, 0.5) is 0 Å². The molecule has 3 rings (SSSR count). The standard InChI is InChI=1S/C12H22N2O2.C10H11N.C2H6.CH2O.H4N2/c1-12(3-5-13-6-4-12)8-11(16)14-7-2-10(15)9-14;1-3-9-4-6-10(7-5-9)8-11-2;3*1-2/h10,13,15H,2-9H2,1H3;1,4-7,11H,8H2,2H3;1-2H3;1H2;1-2H2. The highest BCUT2D eigenvalue weighted by Crippen LogP contribution is 2.32. The second-order valence-electron chi connectivity index (χ2n) is 7.89. The van der Waals surface area contributed by atoms with Gasteiger partial charge in [-0.15, -0.1) is 6.42 Å². The van der Waals surface area contributed by atoms with Crippen LogP contribution in [0.2, 0.25) is 0 Å². The summed E-state index contributed by atoms with van der Waals surface area (Å²) >= 11 is 0. The fourth-order valence-electron chi connectivity index (χ4n) is 3.58. The van der Waals surface area contributed by atoms with Crippen molar-refractivity contribution in [1.82, 2.24) is 15.5 Å². The Kier molecular flexibility index (Phi) is 20.3. The van der Waals surface area contributed by atoms with Crippen LogP contribution in [-0.4, -0.2) is 62.0 Å². The second-order valence-corrected chi connectivity index (χ2v) is 7.89. The number of aliphatic hydroxyl groups is 1. The lowest BCUT2D eigenvalue weighted by Crippen LogP contribution is -2.39. The van der Waals surface area contributed by atoms with Gasteiger partial charge >= 0.3 is 0 Å². The SMILES string of the molecule is C#Cc1ccc(CNC)cc1.C=O.CC.CC1(CC(=O)N2CCC(O)C2)CCNCC1.NN. The molecule has 0 aliphatic carbocycles. The van der Waals surface area contributed by atoms with E-state index in [9.17, 15) is 9.90 Å². The number of hydrazine groups is 1. The summed E-state index contributed by atoms with van der Waals surface area (Å²) in [7, 11) is 1.93. The van der Waals surface area contributed by atoms with E-state index in [0.717, 1.165) is 51.0 Å². The molecule has 8 nitrogen and oxygen atoms in total. The monoisotopic (exact) mass is 463 g/mol. The van der Waals surface area contributed by atoms with Crippen LogP contribution in [0.15, 0.2) is 24.3 Å². The molecule has 1 atom stereocenters. The van der Waals surface area contributed by atoms with Gasteiger partial charge in [-0.05, 0) is 62.5 Å². The van der Waals surface area contributed by atoms with Gasteiger partial charge in [0.2, 0.25) is 5.91 Å². The van der Waals surface area contributed by atoms with Gasteiger partial charge in [0.15, 0.2) is 0 Å².